The van der Waals surface area contributed by atoms with E-state index >= 15 is 0 Å². The minimum atomic E-state index is -0.180. The highest BCUT2D eigenvalue weighted by Crippen LogP contribution is 2.21. The van der Waals surface area contributed by atoms with Crippen LogP contribution in [0.1, 0.15) is 38.4 Å². The third-order valence-electron chi connectivity index (χ3n) is 3.55. The van der Waals surface area contributed by atoms with Gasteiger partial charge in [0.25, 0.3) is 0 Å². The van der Waals surface area contributed by atoms with Crippen LogP contribution in [0, 0.1) is 0 Å². The molecular weight excluding hydrogens is 266 g/mol. The Labute approximate surface area is 122 Å². The van der Waals surface area contributed by atoms with Crippen LogP contribution >= 0.6 is 0 Å². The van der Waals surface area contributed by atoms with E-state index in [0.717, 1.165) is 22.3 Å². The first-order chi connectivity index (χ1) is 10.0. The molecule has 2 aromatic heterocycles. The fourth-order valence-electron chi connectivity index (χ4n) is 2.35. The molecule has 2 heterocycles. The van der Waals surface area contributed by atoms with Gasteiger partial charge in [-0.15, -0.1) is 0 Å². The summed E-state index contributed by atoms with van der Waals surface area (Å²) < 4.78 is 1.92. The topological polar surface area (TPSA) is 78.5 Å². The molecule has 110 valence electrons. The predicted octanol–water partition coefficient (Wildman–Crippen LogP) is 2.81. The second kappa shape index (κ2) is 5.12. The molecule has 1 unspecified atom stereocenters. The largest absolute Gasteiger partial charge is 0.376 e. The van der Waals surface area contributed by atoms with Crippen molar-refractivity contribution in [3.8, 4) is 0 Å². The van der Waals surface area contributed by atoms with E-state index in [4.69, 9.17) is 0 Å². The first kappa shape index (κ1) is 13.5. The van der Waals surface area contributed by atoms with E-state index in [9.17, 15) is 4.79 Å². The molecule has 1 aromatic carbocycles. The van der Waals surface area contributed by atoms with Gasteiger partial charge in [0.1, 0.15) is 0 Å². The molecule has 0 bridgehead atoms. The normalized spacial score (nSPS) is 13.0. The maximum atomic E-state index is 11.3. The van der Waals surface area contributed by atoms with Gasteiger partial charge >= 0.3 is 5.69 Å². The number of anilines is 1. The van der Waals surface area contributed by atoms with Crippen LogP contribution in [0.2, 0.25) is 0 Å². The minimum Gasteiger partial charge on any atom is -0.376 e. The predicted molar refractivity (Wildman–Crippen MR) is 83.6 cm³/mol. The molecule has 21 heavy (non-hydrogen) atoms. The zero-order valence-corrected chi connectivity index (χ0v) is 12.3. The van der Waals surface area contributed by atoms with E-state index in [0.29, 0.717) is 6.04 Å². The fraction of sp³-hybridized carbons (Fsp3) is 0.333. The number of nitrogens with one attached hydrogen (secondary N) is 3. The highest BCUT2D eigenvalue weighted by molar-refractivity contribution is 5.75. The standard InChI is InChI=1S/C15H19N5O/c1-9(2)20-8-12(7-16-20)17-10(3)11-4-5-13-14(6-11)19-15(21)18-13/h4-10,17H,1-3H3,(H2,18,19,21). The quantitative estimate of drug-likeness (QED) is 0.689. The zero-order chi connectivity index (χ0) is 15.0. The van der Waals surface area contributed by atoms with Crippen LogP contribution in [-0.2, 0) is 0 Å². The Kier molecular flexibility index (Phi) is 3.29. The zero-order valence-electron chi connectivity index (χ0n) is 12.3. The summed E-state index contributed by atoms with van der Waals surface area (Å²) in [4.78, 5) is 16.8. The Bertz CT molecular complexity index is 811. The van der Waals surface area contributed by atoms with Gasteiger partial charge in [-0.1, -0.05) is 6.07 Å². The summed E-state index contributed by atoms with van der Waals surface area (Å²) in [6.45, 7) is 6.27. The lowest BCUT2D eigenvalue weighted by Gasteiger charge is -2.14. The lowest BCUT2D eigenvalue weighted by Crippen LogP contribution is -2.06. The summed E-state index contributed by atoms with van der Waals surface area (Å²) in [5, 5.41) is 7.74. The first-order valence-electron chi connectivity index (χ1n) is 7.05. The molecule has 3 N–H and O–H groups in total. The Morgan fingerprint density at radius 2 is 1.95 bits per heavy atom. The van der Waals surface area contributed by atoms with Gasteiger partial charge in [-0.05, 0) is 38.5 Å². The first-order valence-corrected chi connectivity index (χ1v) is 7.05. The van der Waals surface area contributed by atoms with E-state index in [1.54, 1.807) is 0 Å². The molecule has 0 saturated heterocycles. The van der Waals surface area contributed by atoms with Gasteiger partial charge in [-0.25, -0.2) is 4.79 Å². The molecule has 0 spiro atoms. The average molecular weight is 285 g/mol. The van der Waals surface area contributed by atoms with Crippen LogP contribution in [-0.4, -0.2) is 19.7 Å². The van der Waals surface area contributed by atoms with Crippen molar-refractivity contribution in [3.63, 3.8) is 0 Å². The monoisotopic (exact) mass is 285 g/mol. The number of benzene rings is 1. The third kappa shape index (κ3) is 2.69. The molecule has 3 aromatic rings. The molecule has 0 fully saturated rings. The molecule has 1 atom stereocenters. The second-order valence-electron chi connectivity index (χ2n) is 5.55. The number of aromatic amines is 2. The van der Waals surface area contributed by atoms with Crippen LogP contribution in [0.15, 0.2) is 35.4 Å². The van der Waals surface area contributed by atoms with Crippen LogP contribution in [0.4, 0.5) is 5.69 Å². The maximum Gasteiger partial charge on any atom is 0.323 e. The van der Waals surface area contributed by atoms with Gasteiger partial charge in [0, 0.05) is 18.3 Å². The molecular formula is C15H19N5O. The highest BCUT2D eigenvalue weighted by atomic mass is 16.1. The summed E-state index contributed by atoms with van der Waals surface area (Å²) in [6, 6.07) is 6.38. The molecule has 0 aliphatic heterocycles. The summed E-state index contributed by atoms with van der Waals surface area (Å²) >= 11 is 0. The van der Waals surface area contributed by atoms with Gasteiger partial charge in [0.2, 0.25) is 0 Å². The van der Waals surface area contributed by atoms with Crippen molar-refractivity contribution in [1.29, 1.82) is 0 Å². The van der Waals surface area contributed by atoms with Crippen molar-refractivity contribution in [2.24, 2.45) is 0 Å². The fourth-order valence-corrected chi connectivity index (χ4v) is 2.35. The van der Waals surface area contributed by atoms with Crippen molar-refractivity contribution >= 4 is 16.7 Å². The number of H-pyrrole nitrogens is 2. The van der Waals surface area contributed by atoms with Crippen molar-refractivity contribution < 1.29 is 0 Å². The average Bonchev–Trinajstić information content (AvgIpc) is 3.02. The molecule has 0 saturated carbocycles. The molecule has 3 rings (SSSR count). The number of hydrogen-bond acceptors (Lipinski definition) is 3. The lowest BCUT2D eigenvalue weighted by atomic mass is 10.1. The molecule has 0 radical (unpaired) electrons. The maximum absolute atomic E-state index is 11.3. The second-order valence-corrected chi connectivity index (χ2v) is 5.55. The van der Waals surface area contributed by atoms with Crippen LogP contribution in [0.25, 0.3) is 11.0 Å². The SMILES string of the molecule is CC(Nc1cnn(C(C)C)c1)c1ccc2[nH]c(=O)[nH]c2c1. The van der Waals surface area contributed by atoms with E-state index in [1.165, 1.54) is 0 Å². The van der Waals surface area contributed by atoms with Gasteiger partial charge in [-0.2, -0.15) is 5.10 Å². The van der Waals surface area contributed by atoms with Gasteiger partial charge in [-0.3, -0.25) is 4.68 Å². The van der Waals surface area contributed by atoms with E-state index in [2.05, 4.69) is 41.2 Å². The number of aromatic nitrogens is 4. The molecule has 0 aliphatic carbocycles. The van der Waals surface area contributed by atoms with Crippen molar-refractivity contribution in [1.82, 2.24) is 19.7 Å². The van der Waals surface area contributed by atoms with Crippen LogP contribution in [0.3, 0.4) is 0 Å². The van der Waals surface area contributed by atoms with Gasteiger partial charge in [0.15, 0.2) is 0 Å². The number of rotatable bonds is 4. The Hall–Kier alpha value is -2.50. The smallest absolute Gasteiger partial charge is 0.323 e. The third-order valence-corrected chi connectivity index (χ3v) is 3.55. The molecule has 0 amide bonds. The van der Waals surface area contributed by atoms with Crippen LogP contribution in [0.5, 0.6) is 0 Å². The van der Waals surface area contributed by atoms with Gasteiger partial charge < -0.3 is 15.3 Å². The summed E-state index contributed by atoms with van der Waals surface area (Å²) in [5.41, 5.74) is 3.56. The van der Waals surface area contributed by atoms with Crippen molar-refractivity contribution in [2.45, 2.75) is 32.9 Å². The van der Waals surface area contributed by atoms with E-state index in [-0.39, 0.29) is 11.7 Å². The number of nitrogens with zero attached hydrogens (tertiary/aromatic N) is 2. The summed E-state index contributed by atoms with van der Waals surface area (Å²) in [6.07, 6.45) is 3.82. The number of hydrogen-bond donors (Lipinski definition) is 3. The van der Waals surface area contributed by atoms with Crippen molar-refractivity contribution in [3.05, 3.63) is 46.6 Å². The number of imidazole rings is 1. The minimum absolute atomic E-state index is 0.123. The Morgan fingerprint density at radius 3 is 2.67 bits per heavy atom. The lowest BCUT2D eigenvalue weighted by molar-refractivity contribution is 0.532. The van der Waals surface area contributed by atoms with Crippen molar-refractivity contribution in [2.75, 3.05) is 5.32 Å². The Morgan fingerprint density at radius 1 is 1.19 bits per heavy atom. The Balaban J connectivity index is 1.82. The number of fused-ring (bicyclic) bond motifs is 1. The van der Waals surface area contributed by atoms with Gasteiger partial charge in [0.05, 0.1) is 22.9 Å². The molecule has 0 aliphatic rings. The molecule has 6 heteroatoms. The van der Waals surface area contributed by atoms with E-state index in [1.807, 2.05) is 35.3 Å². The summed E-state index contributed by atoms with van der Waals surface area (Å²) in [7, 11) is 0. The highest BCUT2D eigenvalue weighted by Gasteiger charge is 2.09. The molecule has 6 nitrogen and oxygen atoms in total. The van der Waals surface area contributed by atoms with Crippen LogP contribution < -0.4 is 11.0 Å². The van der Waals surface area contributed by atoms with E-state index < -0.39 is 0 Å². The summed E-state index contributed by atoms with van der Waals surface area (Å²) in [5.74, 6) is 0.